The molecule has 1 aliphatic carbocycles. The van der Waals surface area contributed by atoms with Gasteiger partial charge in [-0.05, 0) is 26.3 Å². The van der Waals surface area contributed by atoms with Crippen LogP contribution in [0.1, 0.15) is 32.1 Å². The zero-order valence-corrected chi connectivity index (χ0v) is 11.2. The third kappa shape index (κ3) is 4.91. The highest BCUT2D eigenvalue weighted by atomic mass is 35.5. The summed E-state index contributed by atoms with van der Waals surface area (Å²) in [6, 6.07) is 0. The summed E-state index contributed by atoms with van der Waals surface area (Å²) in [5.41, 5.74) is -0.335. The van der Waals surface area contributed by atoms with E-state index >= 15 is 0 Å². The number of amides is 1. The monoisotopic (exact) mass is 264 g/mol. The molecule has 0 bridgehead atoms. The van der Waals surface area contributed by atoms with Crippen molar-refractivity contribution in [3.63, 3.8) is 0 Å². The van der Waals surface area contributed by atoms with Crippen molar-refractivity contribution in [3.8, 4) is 0 Å². The first-order valence-corrected chi connectivity index (χ1v) is 5.64. The molecule has 0 unspecified atom stereocenters. The van der Waals surface area contributed by atoms with Gasteiger partial charge in [-0.2, -0.15) is 0 Å². The molecule has 100 valence electrons. The van der Waals surface area contributed by atoms with Crippen molar-refractivity contribution in [2.24, 2.45) is 0 Å². The molecule has 0 aromatic carbocycles. The Morgan fingerprint density at radius 3 is 2.41 bits per heavy atom. The van der Waals surface area contributed by atoms with Crippen LogP contribution >= 0.6 is 12.4 Å². The summed E-state index contributed by atoms with van der Waals surface area (Å²) in [6.07, 6.45) is 3.53. The lowest BCUT2D eigenvalue weighted by Crippen LogP contribution is -2.55. The molecule has 0 radical (unpaired) electrons. The second kappa shape index (κ2) is 7.50. The lowest BCUT2D eigenvalue weighted by molar-refractivity contribution is -0.144. The van der Waals surface area contributed by atoms with Crippen molar-refractivity contribution < 1.29 is 14.3 Å². The topological polar surface area (TPSA) is 67.4 Å². The maximum Gasteiger partial charge on any atom is 0.307 e. The van der Waals surface area contributed by atoms with Gasteiger partial charge in [-0.25, -0.2) is 0 Å². The molecule has 1 saturated carbocycles. The lowest BCUT2D eigenvalue weighted by Gasteiger charge is -2.41. The average Bonchev–Trinajstić information content (AvgIpc) is 2.23. The molecule has 0 saturated heterocycles. The van der Waals surface area contributed by atoms with E-state index in [0.717, 1.165) is 19.3 Å². The number of esters is 1. The second-order valence-corrected chi connectivity index (χ2v) is 4.29. The van der Waals surface area contributed by atoms with E-state index in [2.05, 4.69) is 15.4 Å². The largest absolute Gasteiger partial charge is 0.469 e. The molecule has 1 aliphatic rings. The van der Waals surface area contributed by atoms with E-state index in [1.807, 2.05) is 0 Å². The Labute approximate surface area is 108 Å². The first kappa shape index (κ1) is 16.2. The number of methoxy groups -OCH3 is 1. The summed E-state index contributed by atoms with van der Waals surface area (Å²) < 4.78 is 4.64. The number of carbonyl (C=O) groups is 2. The van der Waals surface area contributed by atoms with E-state index in [-0.39, 0.29) is 36.2 Å². The van der Waals surface area contributed by atoms with Crippen LogP contribution in [0.25, 0.3) is 0 Å². The number of hydrogen-bond donors (Lipinski definition) is 2. The minimum atomic E-state index is -0.335. The Hall–Kier alpha value is -0.810. The van der Waals surface area contributed by atoms with Crippen LogP contribution < -0.4 is 10.6 Å². The fraction of sp³-hybridized carbons (Fsp3) is 0.818. The summed E-state index contributed by atoms with van der Waals surface area (Å²) in [5, 5.41) is 5.87. The van der Waals surface area contributed by atoms with Gasteiger partial charge in [-0.15, -0.1) is 12.4 Å². The van der Waals surface area contributed by atoms with Crippen LogP contribution in [-0.2, 0) is 14.3 Å². The van der Waals surface area contributed by atoms with E-state index in [4.69, 9.17) is 0 Å². The number of nitrogens with one attached hydrogen (secondary N) is 2. The standard InChI is InChI=1S/C11H20N2O3.ClH/c1-12-7-4-9(14)13-11(5-3-6-11)8-10(15)16-2;/h12H,3-8H2,1-2H3,(H,13,14);1H. The van der Waals surface area contributed by atoms with E-state index in [9.17, 15) is 9.59 Å². The van der Waals surface area contributed by atoms with Gasteiger partial charge in [0, 0.05) is 13.0 Å². The first-order valence-electron chi connectivity index (χ1n) is 5.64. The van der Waals surface area contributed by atoms with Crippen LogP contribution in [-0.4, -0.2) is 38.1 Å². The highest BCUT2D eigenvalue weighted by Gasteiger charge is 2.40. The third-order valence-electron chi connectivity index (χ3n) is 3.03. The van der Waals surface area contributed by atoms with Crippen molar-refractivity contribution in [1.82, 2.24) is 10.6 Å². The van der Waals surface area contributed by atoms with E-state index in [1.165, 1.54) is 7.11 Å². The Morgan fingerprint density at radius 2 is 2.00 bits per heavy atom. The highest BCUT2D eigenvalue weighted by molar-refractivity contribution is 5.85. The fourth-order valence-corrected chi connectivity index (χ4v) is 1.89. The van der Waals surface area contributed by atoms with Gasteiger partial charge < -0.3 is 15.4 Å². The van der Waals surface area contributed by atoms with Gasteiger partial charge in [-0.1, -0.05) is 0 Å². The molecule has 1 amide bonds. The van der Waals surface area contributed by atoms with E-state index in [0.29, 0.717) is 13.0 Å². The van der Waals surface area contributed by atoms with Crippen LogP contribution in [0.15, 0.2) is 0 Å². The summed E-state index contributed by atoms with van der Waals surface area (Å²) in [7, 11) is 3.18. The number of ether oxygens (including phenoxy) is 1. The number of halogens is 1. The SMILES string of the molecule is CNCCC(=O)NC1(CC(=O)OC)CCC1.Cl. The van der Waals surface area contributed by atoms with Crippen molar-refractivity contribution in [2.45, 2.75) is 37.6 Å². The Balaban J connectivity index is 0.00000256. The van der Waals surface area contributed by atoms with Crippen molar-refractivity contribution in [1.29, 1.82) is 0 Å². The van der Waals surface area contributed by atoms with Crippen molar-refractivity contribution in [3.05, 3.63) is 0 Å². The van der Waals surface area contributed by atoms with Gasteiger partial charge in [0.15, 0.2) is 0 Å². The van der Waals surface area contributed by atoms with Gasteiger partial charge in [-0.3, -0.25) is 9.59 Å². The fourth-order valence-electron chi connectivity index (χ4n) is 1.89. The van der Waals surface area contributed by atoms with Crippen LogP contribution in [0.3, 0.4) is 0 Å². The second-order valence-electron chi connectivity index (χ2n) is 4.29. The van der Waals surface area contributed by atoms with Gasteiger partial charge in [0.2, 0.25) is 5.91 Å². The zero-order chi connectivity index (χ0) is 12.0. The number of hydrogen-bond acceptors (Lipinski definition) is 4. The molecule has 0 heterocycles. The molecular weight excluding hydrogens is 244 g/mol. The van der Waals surface area contributed by atoms with Crippen LogP contribution in [0.4, 0.5) is 0 Å². The lowest BCUT2D eigenvalue weighted by atomic mass is 9.74. The summed E-state index contributed by atoms with van der Waals surface area (Å²) in [4.78, 5) is 22.8. The molecule has 17 heavy (non-hydrogen) atoms. The molecule has 1 rings (SSSR count). The van der Waals surface area contributed by atoms with Gasteiger partial charge in [0.1, 0.15) is 0 Å². The number of carbonyl (C=O) groups excluding carboxylic acids is 2. The molecule has 5 nitrogen and oxygen atoms in total. The predicted octanol–water partition coefficient (Wildman–Crippen LogP) is 0.620. The molecule has 0 atom stereocenters. The van der Waals surface area contributed by atoms with E-state index < -0.39 is 0 Å². The van der Waals surface area contributed by atoms with Crippen molar-refractivity contribution in [2.75, 3.05) is 20.7 Å². The smallest absolute Gasteiger partial charge is 0.307 e. The Morgan fingerprint density at radius 1 is 1.35 bits per heavy atom. The molecule has 0 aromatic rings. The molecule has 0 spiro atoms. The maximum atomic E-state index is 11.6. The molecular formula is C11H21ClN2O3. The van der Waals surface area contributed by atoms with Gasteiger partial charge in [0.05, 0.1) is 19.1 Å². The molecule has 6 heteroatoms. The predicted molar refractivity (Wildman–Crippen MR) is 67.1 cm³/mol. The van der Waals surface area contributed by atoms with Crippen LogP contribution in [0.2, 0.25) is 0 Å². The molecule has 1 fully saturated rings. The Kier molecular flexibility index (Phi) is 7.15. The quantitative estimate of drug-likeness (QED) is 0.690. The molecule has 0 aromatic heterocycles. The third-order valence-corrected chi connectivity index (χ3v) is 3.03. The normalized spacial score (nSPS) is 16.4. The Bertz CT molecular complexity index is 267. The van der Waals surface area contributed by atoms with Crippen LogP contribution in [0, 0.1) is 0 Å². The summed E-state index contributed by atoms with van der Waals surface area (Å²) in [6.45, 7) is 0.653. The minimum absolute atomic E-state index is 0. The van der Waals surface area contributed by atoms with E-state index in [1.54, 1.807) is 7.05 Å². The average molecular weight is 265 g/mol. The van der Waals surface area contributed by atoms with Gasteiger partial charge >= 0.3 is 5.97 Å². The molecule has 0 aliphatic heterocycles. The summed E-state index contributed by atoms with van der Waals surface area (Å²) in [5.74, 6) is -0.258. The first-order chi connectivity index (χ1) is 7.62. The van der Waals surface area contributed by atoms with Crippen LogP contribution in [0.5, 0.6) is 0 Å². The molecule has 2 N–H and O–H groups in total. The highest BCUT2D eigenvalue weighted by Crippen LogP contribution is 2.35. The summed E-state index contributed by atoms with van der Waals surface area (Å²) >= 11 is 0. The zero-order valence-electron chi connectivity index (χ0n) is 10.4. The maximum absolute atomic E-state index is 11.6. The number of rotatable bonds is 6. The minimum Gasteiger partial charge on any atom is -0.469 e. The van der Waals surface area contributed by atoms with Crippen molar-refractivity contribution >= 4 is 24.3 Å². The van der Waals surface area contributed by atoms with Gasteiger partial charge in [0.25, 0.3) is 0 Å².